The van der Waals surface area contributed by atoms with Crippen LogP contribution in [-0.4, -0.2) is 35.6 Å². The maximum atomic E-state index is 12.6. The lowest BCUT2D eigenvalue weighted by Gasteiger charge is -2.24. The van der Waals surface area contributed by atoms with E-state index in [-0.39, 0.29) is 18.3 Å². The molecule has 1 aliphatic rings. The number of non-ortho nitro benzene ring substituents is 1. The Morgan fingerprint density at radius 2 is 2.10 bits per heavy atom. The molecule has 21 heavy (non-hydrogen) atoms. The highest BCUT2D eigenvalue weighted by Gasteiger charge is 2.38. The highest BCUT2D eigenvalue weighted by atomic mass is 19.4. The molecule has 0 saturated heterocycles. The molecule has 5 nitrogen and oxygen atoms in total. The molecule has 0 aromatic heterocycles. The number of benzene rings is 1. The predicted molar refractivity (Wildman–Crippen MR) is 72.1 cm³/mol. The SMILES string of the molecule is CNc1ccc([N+](=O)[O-])cc1CN(CC(F)(F)F)C1CC1. The van der Waals surface area contributed by atoms with Crippen molar-refractivity contribution in [1.82, 2.24) is 4.90 Å². The lowest BCUT2D eigenvalue weighted by molar-refractivity contribution is -0.384. The van der Waals surface area contributed by atoms with Gasteiger partial charge in [0.15, 0.2) is 0 Å². The van der Waals surface area contributed by atoms with Crippen molar-refractivity contribution in [2.45, 2.75) is 31.6 Å². The van der Waals surface area contributed by atoms with Gasteiger partial charge in [-0.3, -0.25) is 15.0 Å². The Morgan fingerprint density at radius 3 is 2.57 bits per heavy atom. The van der Waals surface area contributed by atoms with Crippen molar-refractivity contribution in [3.8, 4) is 0 Å². The maximum absolute atomic E-state index is 12.6. The van der Waals surface area contributed by atoms with E-state index >= 15 is 0 Å². The first kappa shape index (κ1) is 15.6. The van der Waals surface area contributed by atoms with E-state index in [1.54, 1.807) is 7.05 Å². The average Bonchev–Trinajstić information content (AvgIpc) is 3.20. The van der Waals surface area contributed by atoms with Gasteiger partial charge in [0.2, 0.25) is 0 Å². The molecule has 1 aliphatic carbocycles. The molecule has 0 spiro atoms. The fourth-order valence-electron chi connectivity index (χ4n) is 2.27. The van der Waals surface area contributed by atoms with Crippen molar-refractivity contribution in [2.24, 2.45) is 0 Å². The third kappa shape index (κ3) is 4.32. The summed E-state index contributed by atoms with van der Waals surface area (Å²) in [6, 6.07) is 4.10. The van der Waals surface area contributed by atoms with Crippen molar-refractivity contribution in [2.75, 3.05) is 18.9 Å². The van der Waals surface area contributed by atoms with Crippen LogP contribution in [0.15, 0.2) is 18.2 Å². The summed E-state index contributed by atoms with van der Waals surface area (Å²) in [7, 11) is 1.63. The Hall–Kier alpha value is -1.83. The standard InChI is InChI=1S/C13H16F3N3O2/c1-17-12-5-4-11(19(20)21)6-9(12)7-18(10-2-3-10)8-13(14,15)16/h4-6,10,17H,2-3,7-8H2,1H3. The molecule has 0 atom stereocenters. The van der Waals surface area contributed by atoms with E-state index in [0.717, 1.165) is 12.8 Å². The predicted octanol–water partition coefficient (Wildman–Crippen LogP) is 3.16. The lowest BCUT2D eigenvalue weighted by Crippen LogP contribution is -2.35. The van der Waals surface area contributed by atoms with Crippen LogP contribution in [0, 0.1) is 10.1 Å². The van der Waals surface area contributed by atoms with Crippen LogP contribution in [0.3, 0.4) is 0 Å². The normalized spacial score (nSPS) is 15.3. The number of nitro benzene ring substituents is 1. The van der Waals surface area contributed by atoms with Crippen LogP contribution in [0.25, 0.3) is 0 Å². The zero-order valence-electron chi connectivity index (χ0n) is 11.5. The van der Waals surface area contributed by atoms with Gasteiger partial charge in [-0.2, -0.15) is 13.2 Å². The molecule has 0 amide bonds. The Kier molecular flexibility index (Phi) is 4.36. The molecule has 0 heterocycles. The molecule has 0 radical (unpaired) electrons. The summed E-state index contributed by atoms with van der Waals surface area (Å²) in [6.45, 7) is -0.953. The Bertz CT molecular complexity index is 530. The minimum absolute atomic E-state index is 0.0437. The van der Waals surface area contributed by atoms with E-state index in [1.807, 2.05) is 0 Å². The van der Waals surface area contributed by atoms with Crippen LogP contribution < -0.4 is 5.32 Å². The quantitative estimate of drug-likeness (QED) is 0.648. The summed E-state index contributed by atoms with van der Waals surface area (Å²) in [5, 5.41) is 13.7. The maximum Gasteiger partial charge on any atom is 0.401 e. The van der Waals surface area contributed by atoms with Crippen molar-refractivity contribution in [1.29, 1.82) is 0 Å². The highest BCUT2D eigenvalue weighted by Crippen LogP contribution is 2.33. The first-order chi connectivity index (χ1) is 9.80. The summed E-state index contributed by atoms with van der Waals surface area (Å²) >= 11 is 0. The molecule has 0 unspecified atom stereocenters. The van der Waals surface area contributed by atoms with Crippen LogP contribution >= 0.6 is 0 Å². The molecule has 1 N–H and O–H groups in total. The first-order valence-electron chi connectivity index (χ1n) is 6.56. The third-order valence-electron chi connectivity index (χ3n) is 3.39. The van der Waals surface area contributed by atoms with Gasteiger partial charge in [-0.25, -0.2) is 0 Å². The fourth-order valence-corrected chi connectivity index (χ4v) is 2.27. The second-order valence-corrected chi connectivity index (χ2v) is 5.10. The summed E-state index contributed by atoms with van der Waals surface area (Å²) in [5.74, 6) is 0. The zero-order chi connectivity index (χ0) is 15.6. The third-order valence-corrected chi connectivity index (χ3v) is 3.39. The molecule has 1 fully saturated rings. The molecule has 1 saturated carbocycles. The largest absolute Gasteiger partial charge is 0.401 e. The number of nitrogens with zero attached hydrogens (tertiary/aromatic N) is 2. The number of nitrogens with one attached hydrogen (secondary N) is 1. The molecule has 0 aliphatic heterocycles. The Morgan fingerprint density at radius 1 is 1.43 bits per heavy atom. The van der Waals surface area contributed by atoms with Crippen LogP contribution in [0.2, 0.25) is 0 Å². The van der Waals surface area contributed by atoms with E-state index in [9.17, 15) is 23.3 Å². The van der Waals surface area contributed by atoms with Crippen LogP contribution in [0.1, 0.15) is 18.4 Å². The Balaban J connectivity index is 2.22. The fraction of sp³-hybridized carbons (Fsp3) is 0.538. The summed E-state index contributed by atoms with van der Waals surface area (Å²) in [6.07, 6.45) is -2.80. The summed E-state index contributed by atoms with van der Waals surface area (Å²) < 4.78 is 37.9. The molecule has 1 aromatic rings. The minimum atomic E-state index is -4.27. The minimum Gasteiger partial charge on any atom is -0.388 e. The molecule has 116 valence electrons. The molecular weight excluding hydrogens is 287 g/mol. The first-order valence-corrected chi connectivity index (χ1v) is 6.56. The van der Waals surface area contributed by atoms with Gasteiger partial charge in [-0.15, -0.1) is 0 Å². The van der Waals surface area contributed by atoms with Crippen molar-refractivity contribution in [3.05, 3.63) is 33.9 Å². The monoisotopic (exact) mass is 303 g/mol. The number of anilines is 1. The molecule has 0 bridgehead atoms. The smallest absolute Gasteiger partial charge is 0.388 e. The number of hydrogen-bond donors (Lipinski definition) is 1. The number of rotatable bonds is 6. The van der Waals surface area contributed by atoms with E-state index in [4.69, 9.17) is 0 Å². The zero-order valence-corrected chi connectivity index (χ0v) is 11.5. The lowest BCUT2D eigenvalue weighted by atomic mass is 10.1. The van der Waals surface area contributed by atoms with Gasteiger partial charge >= 0.3 is 6.18 Å². The number of halogens is 3. The molecule has 8 heteroatoms. The van der Waals surface area contributed by atoms with Gasteiger partial charge in [0.1, 0.15) is 0 Å². The van der Waals surface area contributed by atoms with Gasteiger partial charge < -0.3 is 5.32 Å². The van der Waals surface area contributed by atoms with Crippen LogP contribution in [-0.2, 0) is 6.54 Å². The second kappa shape index (κ2) is 5.88. The molecule has 1 aromatic carbocycles. The highest BCUT2D eigenvalue weighted by molar-refractivity contribution is 5.55. The average molecular weight is 303 g/mol. The van der Waals surface area contributed by atoms with Gasteiger partial charge in [-0.1, -0.05) is 0 Å². The van der Waals surface area contributed by atoms with Gasteiger partial charge in [0.05, 0.1) is 11.5 Å². The van der Waals surface area contributed by atoms with Crippen molar-refractivity contribution < 1.29 is 18.1 Å². The van der Waals surface area contributed by atoms with Crippen molar-refractivity contribution in [3.63, 3.8) is 0 Å². The summed E-state index contributed by atoms with van der Waals surface area (Å²) in [4.78, 5) is 11.6. The van der Waals surface area contributed by atoms with Crippen LogP contribution in [0.5, 0.6) is 0 Å². The van der Waals surface area contributed by atoms with E-state index < -0.39 is 17.6 Å². The van der Waals surface area contributed by atoms with E-state index in [2.05, 4.69) is 5.32 Å². The van der Waals surface area contributed by atoms with E-state index in [0.29, 0.717) is 11.3 Å². The van der Waals surface area contributed by atoms with Gasteiger partial charge in [0, 0.05) is 37.5 Å². The molecule has 2 rings (SSSR count). The van der Waals surface area contributed by atoms with E-state index in [1.165, 1.54) is 23.1 Å². The number of alkyl halides is 3. The summed E-state index contributed by atoms with van der Waals surface area (Å²) in [5.41, 5.74) is 0.989. The van der Waals surface area contributed by atoms with Gasteiger partial charge in [-0.05, 0) is 24.5 Å². The molecular formula is C13H16F3N3O2. The topological polar surface area (TPSA) is 58.4 Å². The van der Waals surface area contributed by atoms with Crippen molar-refractivity contribution >= 4 is 11.4 Å². The second-order valence-electron chi connectivity index (χ2n) is 5.10. The Labute approximate surface area is 119 Å². The van der Waals surface area contributed by atoms with Crippen LogP contribution in [0.4, 0.5) is 24.5 Å². The number of nitro groups is 1. The number of hydrogen-bond acceptors (Lipinski definition) is 4. The van der Waals surface area contributed by atoms with Gasteiger partial charge in [0.25, 0.3) is 5.69 Å².